The Kier molecular flexibility index (Phi) is 2.78. The Labute approximate surface area is 93.1 Å². The van der Waals surface area contributed by atoms with Crippen molar-refractivity contribution in [3.05, 3.63) is 29.8 Å². The monoisotopic (exact) mass is 222 g/mol. The summed E-state index contributed by atoms with van der Waals surface area (Å²) in [5, 5.41) is 8.64. The number of piperidine rings is 1. The second-order valence-electron chi connectivity index (χ2n) is 4.00. The van der Waals surface area contributed by atoms with E-state index in [2.05, 4.69) is 0 Å². The van der Waals surface area contributed by atoms with E-state index in [1.165, 1.54) is 0 Å². The Balaban J connectivity index is 2.06. The van der Waals surface area contributed by atoms with Gasteiger partial charge in [-0.2, -0.15) is 5.26 Å². The van der Waals surface area contributed by atoms with Crippen LogP contribution in [0.25, 0.3) is 0 Å². The van der Waals surface area contributed by atoms with Gasteiger partial charge in [-0.05, 0) is 24.3 Å². The maximum Gasteiger partial charge on any atom is 0.251 e. The number of hydrogen-bond acceptors (Lipinski definition) is 2. The van der Waals surface area contributed by atoms with E-state index in [4.69, 9.17) is 5.26 Å². The molecule has 0 atom stereocenters. The third kappa shape index (κ3) is 2.30. The van der Waals surface area contributed by atoms with Crippen molar-refractivity contribution < 1.29 is 8.78 Å². The molecule has 0 amide bonds. The minimum atomic E-state index is -2.51. The smallest absolute Gasteiger partial charge is 0.251 e. The first-order valence-electron chi connectivity index (χ1n) is 5.24. The van der Waals surface area contributed by atoms with Gasteiger partial charge in [0.15, 0.2) is 0 Å². The number of benzene rings is 1. The summed E-state index contributed by atoms with van der Waals surface area (Å²) in [7, 11) is 0. The number of nitriles is 1. The van der Waals surface area contributed by atoms with Crippen molar-refractivity contribution in [2.75, 3.05) is 18.0 Å². The van der Waals surface area contributed by atoms with Crippen LogP contribution in [0.2, 0.25) is 0 Å². The van der Waals surface area contributed by atoms with Gasteiger partial charge in [-0.3, -0.25) is 0 Å². The number of hydrogen-bond donors (Lipinski definition) is 0. The lowest BCUT2D eigenvalue weighted by atomic mass is 10.1. The molecule has 0 aliphatic carbocycles. The summed E-state index contributed by atoms with van der Waals surface area (Å²) < 4.78 is 25.9. The van der Waals surface area contributed by atoms with Gasteiger partial charge in [0.2, 0.25) is 0 Å². The highest BCUT2D eigenvalue weighted by atomic mass is 19.3. The number of anilines is 1. The summed E-state index contributed by atoms with van der Waals surface area (Å²) >= 11 is 0. The van der Waals surface area contributed by atoms with Crippen molar-refractivity contribution in [3.8, 4) is 6.07 Å². The van der Waals surface area contributed by atoms with Crippen LogP contribution in [0.4, 0.5) is 14.5 Å². The summed E-state index contributed by atoms with van der Waals surface area (Å²) in [6.45, 7) is 0.748. The molecule has 0 N–H and O–H groups in total. The molecule has 1 aliphatic rings. The topological polar surface area (TPSA) is 27.0 Å². The summed E-state index contributed by atoms with van der Waals surface area (Å²) in [5.74, 6) is -2.51. The van der Waals surface area contributed by atoms with E-state index in [9.17, 15) is 8.78 Å². The Morgan fingerprint density at radius 1 is 1.12 bits per heavy atom. The molecule has 0 radical (unpaired) electrons. The van der Waals surface area contributed by atoms with Crippen molar-refractivity contribution in [2.45, 2.75) is 18.8 Å². The highest BCUT2D eigenvalue weighted by Gasteiger charge is 2.33. The van der Waals surface area contributed by atoms with E-state index in [0.717, 1.165) is 5.69 Å². The van der Waals surface area contributed by atoms with E-state index in [-0.39, 0.29) is 12.8 Å². The normalized spacial score (nSPS) is 19.2. The quantitative estimate of drug-likeness (QED) is 0.730. The molecule has 1 aliphatic heterocycles. The van der Waals surface area contributed by atoms with E-state index in [1.54, 1.807) is 12.1 Å². The lowest BCUT2D eigenvalue weighted by Crippen LogP contribution is -2.39. The first-order valence-corrected chi connectivity index (χ1v) is 5.24. The first kappa shape index (κ1) is 10.9. The van der Waals surface area contributed by atoms with Crippen LogP contribution in [-0.4, -0.2) is 19.0 Å². The van der Waals surface area contributed by atoms with Gasteiger partial charge < -0.3 is 4.90 Å². The maximum absolute atomic E-state index is 12.9. The molecule has 2 rings (SSSR count). The summed E-state index contributed by atoms with van der Waals surface area (Å²) in [6, 6.07) is 9.07. The molecule has 0 aromatic heterocycles. The fourth-order valence-corrected chi connectivity index (χ4v) is 1.84. The molecule has 1 heterocycles. The van der Waals surface area contributed by atoms with Crippen molar-refractivity contribution in [2.24, 2.45) is 0 Å². The first-order chi connectivity index (χ1) is 7.61. The van der Waals surface area contributed by atoms with Crippen molar-refractivity contribution >= 4 is 5.69 Å². The lowest BCUT2D eigenvalue weighted by Gasteiger charge is -2.33. The molecule has 2 nitrogen and oxygen atoms in total. The SMILES string of the molecule is N#Cc1ccc(N2CCC(F)(F)CC2)cc1. The highest BCUT2D eigenvalue weighted by Crippen LogP contribution is 2.30. The molecule has 0 spiro atoms. The molecule has 16 heavy (non-hydrogen) atoms. The number of alkyl halides is 2. The van der Waals surface area contributed by atoms with E-state index < -0.39 is 5.92 Å². The molecule has 1 fully saturated rings. The van der Waals surface area contributed by atoms with Gasteiger partial charge in [-0.25, -0.2) is 8.78 Å². The average molecular weight is 222 g/mol. The van der Waals surface area contributed by atoms with E-state index >= 15 is 0 Å². The third-order valence-electron chi connectivity index (χ3n) is 2.86. The standard InChI is InChI=1S/C12H12F2N2/c13-12(14)5-7-16(8-6-12)11-3-1-10(9-15)2-4-11/h1-4H,5-8H2. The van der Waals surface area contributed by atoms with Crippen molar-refractivity contribution in [3.63, 3.8) is 0 Å². The maximum atomic E-state index is 12.9. The zero-order chi connectivity index (χ0) is 11.6. The third-order valence-corrected chi connectivity index (χ3v) is 2.86. The average Bonchev–Trinajstić information content (AvgIpc) is 2.29. The van der Waals surface area contributed by atoms with Crippen molar-refractivity contribution in [1.82, 2.24) is 0 Å². The van der Waals surface area contributed by atoms with Crippen LogP contribution in [0.1, 0.15) is 18.4 Å². The molecule has 1 aromatic carbocycles. The van der Waals surface area contributed by atoms with Crippen LogP contribution in [0, 0.1) is 11.3 Å². The van der Waals surface area contributed by atoms with Crippen LogP contribution < -0.4 is 4.90 Å². The Morgan fingerprint density at radius 3 is 2.19 bits per heavy atom. The molecule has 84 valence electrons. The van der Waals surface area contributed by atoms with Gasteiger partial charge in [0.25, 0.3) is 5.92 Å². The predicted octanol–water partition coefficient (Wildman–Crippen LogP) is 2.79. The second-order valence-corrected chi connectivity index (χ2v) is 4.00. The lowest BCUT2D eigenvalue weighted by molar-refractivity contribution is -0.0220. The van der Waals surface area contributed by atoms with Crippen LogP contribution in [-0.2, 0) is 0 Å². The highest BCUT2D eigenvalue weighted by molar-refractivity contribution is 5.50. The molecule has 4 heteroatoms. The molecule has 1 aromatic rings. The Hall–Kier alpha value is -1.63. The summed E-state index contributed by atoms with van der Waals surface area (Å²) in [6.07, 6.45) is -0.181. The number of nitrogens with zero attached hydrogens (tertiary/aromatic N) is 2. The zero-order valence-corrected chi connectivity index (χ0v) is 8.79. The Bertz CT molecular complexity index is 396. The molecular formula is C12H12F2N2. The molecule has 1 saturated heterocycles. The van der Waals surface area contributed by atoms with E-state index in [0.29, 0.717) is 18.7 Å². The minimum Gasteiger partial charge on any atom is -0.371 e. The minimum absolute atomic E-state index is 0.0903. The predicted molar refractivity (Wildman–Crippen MR) is 57.6 cm³/mol. The van der Waals surface area contributed by atoms with Gasteiger partial charge in [0.1, 0.15) is 0 Å². The molecule has 0 bridgehead atoms. The zero-order valence-electron chi connectivity index (χ0n) is 8.79. The van der Waals surface area contributed by atoms with Crippen LogP contribution in [0.5, 0.6) is 0 Å². The van der Waals surface area contributed by atoms with Gasteiger partial charge >= 0.3 is 0 Å². The fraction of sp³-hybridized carbons (Fsp3) is 0.417. The number of halogens is 2. The number of rotatable bonds is 1. The summed E-state index contributed by atoms with van der Waals surface area (Å²) in [4.78, 5) is 1.93. The van der Waals surface area contributed by atoms with Gasteiger partial charge in [0, 0.05) is 31.6 Å². The summed E-state index contributed by atoms with van der Waals surface area (Å²) in [5.41, 5.74) is 1.50. The molecular weight excluding hydrogens is 210 g/mol. The van der Waals surface area contributed by atoms with Crippen molar-refractivity contribution in [1.29, 1.82) is 5.26 Å². The van der Waals surface area contributed by atoms with Gasteiger partial charge in [0.05, 0.1) is 11.6 Å². The van der Waals surface area contributed by atoms with Crippen LogP contribution in [0.3, 0.4) is 0 Å². The fourth-order valence-electron chi connectivity index (χ4n) is 1.84. The van der Waals surface area contributed by atoms with E-state index in [1.807, 2.05) is 23.1 Å². The largest absolute Gasteiger partial charge is 0.371 e. The molecule has 0 unspecified atom stereocenters. The van der Waals surface area contributed by atoms with Gasteiger partial charge in [-0.1, -0.05) is 0 Å². The molecule has 0 saturated carbocycles. The second kappa shape index (κ2) is 4.09. The van der Waals surface area contributed by atoms with Crippen LogP contribution in [0.15, 0.2) is 24.3 Å². The van der Waals surface area contributed by atoms with Gasteiger partial charge in [-0.15, -0.1) is 0 Å². The Morgan fingerprint density at radius 2 is 1.69 bits per heavy atom. The van der Waals surface area contributed by atoms with Crippen LogP contribution >= 0.6 is 0 Å².